The highest BCUT2D eigenvalue weighted by molar-refractivity contribution is 7.90. The third kappa shape index (κ3) is 4.54. The molecule has 0 amide bonds. The van der Waals surface area contributed by atoms with Crippen LogP contribution in [0.15, 0.2) is 40.2 Å². The van der Waals surface area contributed by atoms with E-state index < -0.39 is 21.6 Å². The van der Waals surface area contributed by atoms with E-state index in [0.29, 0.717) is 12.1 Å². The lowest BCUT2D eigenvalue weighted by Gasteiger charge is -2.12. The highest BCUT2D eigenvalue weighted by Gasteiger charge is 2.31. The fraction of sp³-hybridized carbons (Fsp3) is 0.316. The largest absolute Gasteiger partial charge is 0.416 e. The van der Waals surface area contributed by atoms with Gasteiger partial charge in [0.15, 0.2) is 21.5 Å². The summed E-state index contributed by atoms with van der Waals surface area (Å²) in [6.07, 6.45) is -3.51. The molecule has 2 aromatic heterocycles. The van der Waals surface area contributed by atoms with E-state index in [9.17, 15) is 21.6 Å². The summed E-state index contributed by atoms with van der Waals surface area (Å²) in [5.74, 6) is 0.352. The summed E-state index contributed by atoms with van der Waals surface area (Å²) in [4.78, 5) is 17.7. The van der Waals surface area contributed by atoms with Gasteiger partial charge in [0, 0.05) is 20.4 Å². The van der Waals surface area contributed by atoms with Crippen molar-refractivity contribution in [3.63, 3.8) is 0 Å². The van der Waals surface area contributed by atoms with Gasteiger partial charge in [-0.1, -0.05) is 0 Å². The molecule has 0 aliphatic carbocycles. The molecule has 8 nitrogen and oxygen atoms in total. The van der Waals surface area contributed by atoms with E-state index in [0.717, 1.165) is 18.4 Å². The SMILES string of the molecule is CCONC(=NC)c1ccc(S(C)(=O)=O)c(-c2nc3cc(C(F)(F)F)ccc3n2C)n1. The van der Waals surface area contributed by atoms with Crippen molar-refractivity contribution >= 4 is 26.7 Å². The number of amidine groups is 1. The van der Waals surface area contributed by atoms with Crippen LogP contribution in [-0.4, -0.2) is 48.7 Å². The van der Waals surface area contributed by atoms with Crippen LogP contribution in [0.25, 0.3) is 22.6 Å². The number of alkyl halides is 3. The molecule has 1 N–H and O–H groups in total. The predicted octanol–water partition coefficient (Wildman–Crippen LogP) is 2.98. The molecule has 3 aromatic rings. The first kappa shape index (κ1) is 22.7. The Hall–Kier alpha value is -2.99. The van der Waals surface area contributed by atoms with Gasteiger partial charge < -0.3 is 4.57 Å². The lowest BCUT2D eigenvalue weighted by atomic mass is 10.2. The number of pyridine rings is 1. The first-order valence-corrected chi connectivity index (χ1v) is 11.0. The van der Waals surface area contributed by atoms with Gasteiger partial charge in [0.1, 0.15) is 11.4 Å². The third-order valence-corrected chi connectivity index (χ3v) is 5.59. The Morgan fingerprint density at radius 1 is 1.23 bits per heavy atom. The number of aliphatic imine (C=N–C) groups is 1. The van der Waals surface area contributed by atoms with Crippen LogP contribution in [0.5, 0.6) is 0 Å². The molecule has 31 heavy (non-hydrogen) atoms. The molecule has 0 radical (unpaired) electrons. The van der Waals surface area contributed by atoms with Crippen LogP contribution in [0.3, 0.4) is 0 Å². The molecule has 0 atom stereocenters. The number of aromatic nitrogens is 3. The molecule has 0 unspecified atom stereocenters. The van der Waals surface area contributed by atoms with Gasteiger partial charge in [-0.3, -0.25) is 9.83 Å². The standard InChI is InChI=1S/C19H20F3N5O3S/c1-5-30-26-17(23-2)12-7-9-15(31(4,28)29)16(24-12)18-25-13-10-11(19(20,21)22)6-8-14(13)27(18)3/h6-10H,5H2,1-4H3,(H,23,26). The molecule has 0 saturated carbocycles. The maximum atomic E-state index is 13.1. The van der Waals surface area contributed by atoms with Crippen LogP contribution in [0.4, 0.5) is 13.2 Å². The van der Waals surface area contributed by atoms with E-state index in [1.54, 1.807) is 14.0 Å². The van der Waals surface area contributed by atoms with Crippen molar-refractivity contribution in [1.29, 1.82) is 0 Å². The van der Waals surface area contributed by atoms with Crippen LogP contribution in [0, 0.1) is 0 Å². The van der Waals surface area contributed by atoms with Crippen LogP contribution in [0.2, 0.25) is 0 Å². The number of hydrogen-bond acceptors (Lipinski definition) is 6. The van der Waals surface area contributed by atoms with Crippen molar-refractivity contribution in [1.82, 2.24) is 20.0 Å². The molecule has 0 spiro atoms. The maximum Gasteiger partial charge on any atom is 0.416 e. The Morgan fingerprint density at radius 3 is 2.52 bits per heavy atom. The lowest BCUT2D eigenvalue weighted by Crippen LogP contribution is -2.26. The van der Waals surface area contributed by atoms with Gasteiger partial charge >= 0.3 is 6.18 Å². The highest BCUT2D eigenvalue weighted by Crippen LogP contribution is 2.33. The molecule has 0 fully saturated rings. The molecule has 2 heterocycles. The summed E-state index contributed by atoms with van der Waals surface area (Å²) in [5.41, 5.74) is 2.50. The number of aryl methyl sites for hydroxylation is 1. The first-order valence-electron chi connectivity index (χ1n) is 9.07. The van der Waals surface area contributed by atoms with Crippen LogP contribution in [0.1, 0.15) is 18.2 Å². The average molecular weight is 455 g/mol. The monoisotopic (exact) mass is 455 g/mol. The summed E-state index contributed by atoms with van der Waals surface area (Å²) in [7, 11) is -0.645. The van der Waals surface area contributed by atoms with Gasteiger partial charge in [0.05, 0.1) is 28.1 Å². The van der Waals surface area contributed by atoms with Crippen LogP contribution < -0.4 is 5.48 Å². The van der Waals surface area contributed by atoms with E-state index in [1.807, 2.05) is 0 Å². The number of sulfone groups is 1. The molecule has 1 aromatic carbocycles. The summed E-state index contributed by atoms with van der Waals surface area (Å²) >= 11 is 0. The Bertz CT molecular complexity index is 1270. The minimum Gasteiger partial charge on any atom is -0.326 e. The minimum atomic E-state index is -4.53. The number of nitrogens with one attached hydrogen (secondary N) is 1. The van der Waals surface area contributed by atoms with E-state index >= 15 is 0 Å². The molecule has 12 heteroatoms. The number of halogens is 3. The number of hydroxylamine groups is 1. The Kier molecular flexibility index (Phi) is 6.05. The molecule has 0 bridgehead atoms. The Labute approximate surface area is 176 Å². The number of benzene rings is 1. The average Bonchev–Trinajstić information content (AvgIpc) is 3.03. The van der Waals surface area contributed by atoms with Crippen LogP contribution >= 0.6 is 0 Å². The Morgan fingerprint density at radius 2 is 1.94 bits per heavy atom. The van der Waals surface area contributed by atoms with Crippen LogP contribution in [-0.2, 0) is 27.9 Å². The van der Waals surface area contributed by atoms with Gasteiger partial charge in [-0.05, 0) is 37.3 Å². The second-order valence-electron chi connectivity index (χ2n) is 6.62. The van der Waals surface area contributed by atoms with Crippen molar-refractivity contribution < 1.29 is 26.4 Å². The first-order chi connectivity index (χ1) is 14.5. The summed E-state index contributed by atoms with van der Waals surface area (Å²) in [6.45, 7) is 2.11. The molecule has 3 rings (SSSR count). The number of rotatable bonds is 5. The van der Waals surface area contributed by atoms with Crippen molar-refractivity contribution in [2.75, 3.05) is 19.9 Å². The van der Waals surface area contributed by atoms with E-state index in [4.69, 9.17) is 4.84 Å². The third-order valence-electron chi connectivity index (χ3n) is 4.46. The zero-order chi connectivity index (χ0) is 23.0. The fourth-order valence-electron chi connectivity index (χ4n) is 2.98. The molecule has 0 aliphatic rings. The molecule has 0 aliphatic heterocycles. The van der Waals surface area contributed by atoms with Crippen molar-refractivity contribution in [3.05, 3.63) is 41.6 Å². The van der Waals surface area contributed by atoms with Gasteiger partial charge in [-0.25, -0.2) is 23.9 Å². The molecule has 0 saturated heterocycles. The summed E-state index contributed by atoms with van der Waals surface area (Å²) < 4.78 is 65.5. The summed E-state index contributed by atoms with van der Waals surface area (Å²) in [5, 5.41) is 0. The zero-order valence-electron chi connectivity index (χ0n) is 17.1. The smallest absolute Gasteiger partial charge is 0.326 e. The van der Waals surface area contributed by atoms with Crippen molar-refractivity contribution in [2.45, 2.75) is 18.0 Å². The van der Waals surface area contributed by atoms with Gasteiger partial charge in [0.25, 0.3) is 0 Å². The second-order valence-corrected chi connectivity index (χ2v) is 8.60. The Balaban J connectivity index is 2.25. The molecular formula is C19H20F3N5O3S. The fourth-order valence-corrected chi connectivity index (χ4v) is 3.78. The maximum absolute atomic E-state index is 13.1. The van der Waals surface area contributed by atoms with Gasteiger partial charge in [0.2, 0.25) is 0 Å². The zero-order valence-corrected chi connectivity index (χ0v) is 18.0. The van der Waals surface area contributed by atoms with Gasteiger partial charge in [-0.2, -0.15) is 13.2 Å². The number of fused-ring (bicyclic) bond motifs is 1. The number of imidazole rings is 1. The number of hydrogen-bond donors (Lipinski definition) is 1. The molecular weight excluding hydrogens is 435 g/mol. The topological polar surface area (TPSA) is 98.5 Å². The highest BCUT2D eigenvalue weighted by atomic mass is 32.2. The second kappa shape index (κ2) is 8.27. The quantitative estimate of drug-likeness (QED) is 0.361. The van der Waals surface area contributed by atoms with E-state index in [-0.39, 0.29) is 33.5 Å². The molecule has 166 valence electrons. The minimum absolute atomic E-state index is 0.00768. The van der Waals surface area contributed by atoms with Crippen molar-refractivity contribution in [3.8, 4) is 11.5 Å². The summed E-state index contributed by atoms with van der Waals surface area (Å²) in [6, 6.07) is 5.96. The van der Waals surface area contributed by atoms with Crippen molar-refractivity contribution in [2.24, 2.45) is 12.0 Å². The number of nitrogens with zero attached hydrogens (tertiary/aromatic N) is 4. The predicted molar refractivity (Wildman–Crippen MR) is 109 cm³/mol. The van der Waals surface area contributed by atoms with E-state index in [2.05, 4.69) is 20.4 Å². The van der Waals surface area contributed by atoms with E-state index in [1.165, 1.54) is 29.8 Å². The van der Waals surface area contributed by atoms with Gasteiger partial charge in [-0.15, -0.1) is 0 Å². The normalized spacial score (nSPS) is 13.1. The lowest BCUT2D eigenvalue weighted by molar-refractivity contribution is -0.137.